The van der Waals surface area contributed by atoms with Crippen molar-refractivity contribution in [2.75, 3.05) is 0 Å². The van der Waals surface area contributed by atoms with Crippen LogP contribution in [0.1, 0.15) is 25.8 Å². The fourth-order valence-electron chi connectivity index (χ4n) is 1.41. The Labute approximate surface area is 107 Å². The second-order valence-corrected chi connectivity index (χ2v) is 5.79. The van der Waals surface area contributed by atoms with Crippen LogP contribution in [0.2, 0.25) is 0 Å². The summed E-state index contributed by atoms with van der Waals surface area (Å²) in [6, 6.07) is 6.14. The molecule has 0 spiro atoms. The Morgan fingerprint density at radius 2 is 1.83 bits per heavy atom. The standard InChI is InChI=1S/C12H17NO4S/c1-9(2)17-12(14)8-5-10-3-6-11(7-4-10)18(13,15)16/h3-4,6-7,9H,5,8H2,1-2H3,(H2,13,15,16). The number of ether oxygens (including phenoxy) is 1. The minimum absolute atomic E-state index is 0.0657. The average Bonchev–Trinajstić information content (AvgIpc) is 2.25. The van der Waals surface area contributed by atoms with E-state index < -0.39 is 10.0 Å². The Bertz CT molecular complexity index is 505. The largest absolute Gasteiger partial charge is 0.463 e. The summed E-state index contributed by atoms with van der Waals surface area (Å²) < 4.78 is 27.1. The van der Waals surface area contributed by atoms with Crippen molar-refractivity contribution < 1.29 is 17.9 Å². The number of aryl methyl sites for hydroxylation is 1. The van der Waals surface area contributed by atoms with Crippen molar-refractivity contribution in [3.05, 3.63) is 29.8 Å². The Balaban J connectivity index is 2.57. The quantitative estimate of drug-likeness (QED) is 0.816. The minimum Gasteiger partial charge on any atom is -0.463 e. The third-order valence-electron chi connectivity index (χ3n) is 2.24. The molecule has 100 valence electrons. The van der Waals surface area contributed by atoms with Crippen LogP contribution in [0.15, 0.2) is 29.2 Å². The Hall–Kier alpha value is -1.40. The average molecular weight is 271 g/mol. The molecule has 0 aliphatic heterocycles. The summed E-state index contributed by atoms with van der Waals surface area (Å²) in [5, 5.41) is 4.98. The normalized spacial score (nSPS) is 11.6. The van der Waals surface area contributed by atoms with Crippen molar-refractivity contribution in [2.24, 2.45) is 5.14 Å². The van der Waals surface area contributed by atoms with E-state index in [-0.39, 0.29) is 23.4 Å². The van der Waals surface area contributed by atoms with Crippen molar-refractivity contribution in [2.45, 2.75) is 37.7 Å². The molecule has 0 amide bonds. The van der Waals surface area contributed by atoms with Gasteiger partial charge in [0, 0.05) is 6.42 Å². The molecule has 18 heavy (non-hydrogen) atoms. The van der Waals surface area contributed by atoms with Gasteiger partial charge < -0.3 is 4.74 Å². The van der Waals surface area contributed by atoms with Crippen LogP contribution in [0.25, 0.3) is 0 Å². The van der Waals surface area contributed by atoms with Gasteiger partial charge >= 0.3 is 5.97 Å². The van der Waals surface area contributed by atoms with E-state index in [4.69, 9.17) is 9.88 Å². The molecule has 2 N–H and O–H groups in total. The first-order chi connectivity index (χ1) is 8.29. The predicted molar refractivity (Wildman–Crippen MR) is 67.4 cm³/mol. The molecular formula is C12H17NO4S. The maximum Gasteiger partial charge on any atom is 0.306 e. The van der Waals surface area contributed by atoms with Crippen LogP contribution in [0.3, 0.4) is 0 Å². The van der Waals surface area contributed by atoms with Crippen molar-refractivity contribution in [1.82, 2.24) is 0 Å². The van der Waals surface area contributed by atoms with Gasteiger partial charge in [0.05, 0.1) is 11.0 Å². The fourth-order valence-corrected chi connectivity index (χ4v) is 1.93. The van der Waals surface area contributed by atoms with Crippen molar-refractivity contribution in [3.8, 4) is 0 Å². The van der Waals surface area contributed by atoms with Crippen LogP contribution in [0.5, 0.6) is 0 Å². The lowest BCUT2D eigenvalue weighted by Crippen LogP contribution is -2.13. The summed E-state index contributed by atoms with van der Waals surface area (Å²) in [4.78, 5) is 11.4. The lowest BCUT2D eigenvalue weighted by atomic mass is 10.1. The zero-order valence-corrected chi connectivity index (χ0v) is 11.2. The number of primary sulfonamides is 1. The summed E-state index contributed by atoms with van der Waals surface area (Å²) in [5.74, 6) is -0.263. The third-order valence-corrected chi connectivity index (χ3v) is 3.17. The van der Waals surface area contributed by atoms with Gasteiger partial charge in [-0.3, -0.25) is 4.79 Å². The number of sulfonamides is 1. The van der Waals surface area contributed by atoms with Gasteiger partial charge in [-0.2, -0.15) is 0 Å². The predicted octanol–water partition coefficient (Wildman–Crippen LogP) is 1.22. The van der Waals surface area contributed by atoms with Gasteiger partial charge in [0.25, 0.3) is 0 Å². The van der Waals surface area contributed by atoms with E-state index in [9.17, 15) is 13.2 Å². The van der Waals surface area contributed by atoms with E-state index in [0.717, 1.165) is 5.56 Å². The maximum absolute atomic E-state index is 11.3. The zero-order chi connectivity index (χ0) is 13.8. The van der Waals surface area contributed by atoms with Gasteiger partial charge in [-0.05, 0) is 38.0 Å². The van der Waals surface area contributed by atoms with Crippen LogP contribution >= 0.6 is 0 Å². The number of esters is 1. The number of benzene rings is 1. The van der Waals surface area contributed by atoms with Gasteiger partial charge in [-0.1, -0.05) is 12.1 Å². The first-order valence-electron chi connectivity index (χ1n) is 5.60. The molecule has 0 fully saturated rings. The maximum atomic E-state index is 11.3. The fraction of sp³-hybridized carbons (Fsp3) is 0.417. The molecule has 1 rings (SSSR count). The van der Waals surface area contributed by atoms with Gasteiger partial charge in [0.2, 0.25) is 10.0 Å². The highest BCUT2D eigenvalue weighted by Crippen LogP contribution is 2.10. The molecule has 0 aliphatic carbocycles. The van der Waals surface area contributed by atoms with E-state index in [1.807, 2.05) is 0 Å². The Kier molecular flexibility index (Phi) is 4.86. The Morgan fingerprint density at radius 1 is 1.28 bits per heavy atom. The van der Waals surface area contributed by atoms with E-state index in [1.165, 1.54) is 12.1 Å². The van der Waals surface area contributed by atoms with Gasteiger partial charge in [0.15, 0.2) is 0 Å². The smallest absolute Gasteiger partial charge is 0.306 e. The van der Waals surface area contributed by atoms with Crippen LogP contribution in [-0.4, -0.2) is 20.5 Å². The topological polar surface area (TPSA) is 86.5 Å². The van der Waals surface area contributed by atoms with E-state index in [2.05, 4.69) is 0 Å². The number of hydrogen-bond acceptors (Lipinski definition) is 4. The molecule has 5 nitrogen and oxygen atoms in total. The third kappa shape index (κ3) is 4.85. The van der Waals surface area contributed by atoms with Crippen LogP contribution in [-0.2, 0) is 26.0 Å². The SMILES string of the molecule is CC(C)OC(=O)CCc1ccc(S(N)(=O)=O)cc1. The highest BCUT2D eigenvalue weighted by atomic mass is 32.2. The molecule has 0 radical (unpaired) electrons. The summed E-state index contributed by atoms with van der Waals surface area (Å²) in [6.07, 6.45) is 0.658. The van der Waals surface area contributed by atoms with E-state index >= 15 is 0 Å². The first kappa shape index (κ1) is 14.7. The minimum atomic E-state index is -3.66. The molecule has 0 unspecified atom stereocenters. The summed E-state index contributed by atoms with van der Waals surface area (Å²) >= 11 is 0. The second kappa shape index (κ2) is 5.97. The van der Waals surface area contributed by atoms with Crippen LogP contribution in [0.4, 0.5) is 0 Å². The monoisotopic (exact) mass is 271 g/mol. The van der Waals surface area contributed by atoms with Crippen LogP contribution in [0, 0.1) is 0 Å². The molecule has 6 heteroatoms. The van der Waals surface area contributed by atoms with Crippen molar-refractivity contribution in [1.29, 1.82) is 0 Å². The molecule has 0 atom stereocenters. The highest BCUT2D eigenvalue weighted by Gasteiger charge is 2.08. The molecular weight excluding hydrogens is 254 g/mol. The number of hydrogen-bond donors (Lipinski definition) is 1. The van der Waals surface area contributed by atoms with Gasteiger partial charge in [-0.25, -0.2) is 13.6 Å². The Morgan fingerprint density at radius 3 is 2.28 bits per heavy atom. The van der Waals surface area contributed by atoms with Crippen molar-refractivity contribution in [3.63, 3.8) is 0 Å². The lowest BCUT2D eigenvalue weighted by Gasteiger charge is -2.07. The lowest BCUT2D eigenvalue weighted by molar-refractivity contribution is -0.147. The van der Waals surface area contributed by atoms with Gasteiger partial charge in [-0.15, -0.1) is 0 Å². The molecule has 0 aromatic heterocycles. The van der Waals surface area contributed by atoms with Gasteiger partial charge in [0.1, 0.15) is 0 Å². The molecule has 0 saturated heterocycles. The van der Waals surface area contributed by atoms with Crippen LogP contribution < -0.4 is 5.14 Å². The van der Waals surface area contributed by atoms with E-state index in [0.29, 0.717) is 6.42 Å². The highest BCUT2D eigenvalue weighted by molar-refractivity contribution is 7.89. The number of rotatable bonds is 5. The summed E-state index contributed by atoms with van der Waals surface area (Å²) in [5.41, 5.74) is 0.864. The number of carbonyl (C=O) groups excluding carboxylic acids is 1. The number of nitrogens with two attached hydrogens (primary N) is 1. The number of carbonyl (C=O) groups is 1. The summed E-state index contributed by atoms with van der Waals surface area (Å²) in [7, 11) is -3.66. The van der Waals surface area contributed by atoms with Crippen molar-refractivity contribution >= 4 is 16.0 Å². The first-order valence-corrected chi connectivity index (χ1v) is 7.15. The molecule has 0 bridgehead atoms. The zero-order valence-electron chi connectivity index (χ0n) is 10.4. The molecule has 1 aromatic rings. The molecule has 0 aliphatic rings. The second-order valence-electron chi connectivity index (χ2n) is 4.23. The molecule has 1 aromatic carbocycles. The molecule has 0 saturated carbocycles. The van der Waals surface area contributed by atoms with E-state index in [1.54, 1.807) is 26.0 Å². The molecule has 0 heterocycles. The summed E-state index contributed by atoms with van der Waals surface area (Å²) in [6.45, 7) is 3.58.